The first-order valence-electron chi connectivity index (χ1n) is 7.32. The monoisotopic (exact) mass is 314 g/mol. The van der Waals surface area contributed by atoms with Crippen molar-refractivity contribution in [2.24, 2.45) is 0 Å². The van der Waals surface area contributed by atoms with E-state index in [0.29, 0.717) is 6.54 Å². The average Bonchev–Trinajstić information content (AvgIpc) is 2.88. The Bertz CT molecular complexity index is 663. The third-order valence-electron chi connectivity index (χ3n) is 3.31. The van der Waals surface area contributed by atoms with E-state index in [1.807, 2.05) is 30.5 Å². The van der Waals surface area contributed by atoms with E-state index in [2.05, 4.69) is 43.2 Å². The van der Waals surface area contributed by atoms with Crippen LogP contribution in [0.2, 0.25) is 0 Å². The molecule has 0 aliphatic heterocycles. The third-order valence-corrected chi connectivity index (χ3v) is 4.14. The van der Waals surface area contributed by atoms with Crippen LogP contribution in [0.15, 0.2) is 35.7 Å². The molecular weight excluding hydrogens is 292 g/mol. The topological polar surface area (TPSA) is 42.0 Å². The van der Waals surface area contributed by atoms with Crippen LogP contribution in [0, 0.1) is 6.92 Å². The van der Waals surface area contributed by atoms with Crippen LogP contribution >= 0.6 is 11.3 Å². The lowest BCUT2D eigenvalue weighted by Gasteiger charge is -2.18. The molecule has 3 nitrogen and oxygen atoms in total. The Labute approximate surface area is 136 Å². The number of hydrogen-bond donors (Lipinski definition) is 1. The molecule has 4 heteroatoms. The second-order valence-electron chi connectivity index (χ2n) is 6.28. The number of carbonyl (C=O) groups excluding carboxylic acids is 1. The molecular formula is C18H22N2OS. The lowest BCUT2D eigenvalue weighted by molar-refractivity contribution is -0.116. The van der Waals surface area contributed by atoms with E-state index in [4.69, 9.17) is 0 Å². The Morgan fingerprint density at radius 1 is 1.27 bits per heavy atom. The van der Waals surface area contributed by atoms with Crippen molar-refractivity contribution < 1.29 is 4.79 Å². The van der Waals surface area contributed by atoms with Crippen LogP contribution in [0.3, 0.4) is 0 Å². The molecule has 1 amide bonds. The minimum absolute atomic E-state index is 0.106. The van der Waals surface area contributed by atoms with Crippen molar-refractivity contribution in [2.45, 2.75) is 39.7 Å². The SMILES string of the molecule is Cc1nc(CNC(=O)/C=C/c2ccc(C(C)(C)C)cc2)cs1. The van der Waals surface area contributed by atoms with Gasteiger partial charge >= 0.3 is 0 Å². The van der Waals surface area contributed by atoms with E-state index in [1.165, 1.54) is 5.56 Å². The van der Waals surface area contributed by atoms with Gasteiger partial charge in [-0.2, -0.15) is 0 Å². The van der Waals surface area contributed by atoms with Gasteiger partial charge in [-0.05, 0) is 29.5 Å². The number of aromatic nitrogens is 1. The second-order valence-corrected chi connectivity index (χ2v) is 7.34. The largest absolute Gasteiger partial charge is 0.347 e. The zero-order chi connectivity index (χ0) is 16.2. The van der Waals surface area contributed by atoms with E-state index in [0.717, 1.165) is 16.3 Å². The normalized spacial score (nSPS) is 11.8. The molecule has 22 heavy (non-hydrogen) atoms. The second kappa shape index (κ2) is 6.88. The van der Waals surface area contributed by atoms with Crippen LogP contribution in [0.1, 0.15) is 42.6 Å². The molecule has 0 saturated heterocycles. The number of carbonyl (C=O) groups is 1. The molecule has 0 unspecified atom stereocenters. The van der Waals surface area contributed by atoms with Gasteiger partial charge in [-0.3, -0.25) is 4.79 Å². The minimum Gasteiger partial charge on any atom is -0.347 e. The number of thiazole rings is 1. The number of amides is 1. The maximum Gasteiger partial charge on any atom is 0.244 e. The van der Waals surface area contributed by atoms with Crippen molar-refractivity contribution in [3.8, 4) is 0 Å². The first-order chi connectivity index (χ1) is 10.3. The van der Waals surface area contributed by atoms with Crippen molar-refractivity contribution in [3.05, 3.63) is 57.6 Å². The fourth-order valence-electron chi connectivity index (χ4n) is 1.99. The summed E-state index contributed by atoms with van der Waals surface area (Å²) < 4.78 is 0. The van der Waals surface area contributed by atoms with E-state index in [9.17, 15) is 4.79 Å². The highest BCUT2D eigenvalue weighted by atomic mass is 32.1. The molecule has 1 heterocycles. The summed E-state index contributed by atoms with van der Waals surface area (Å²) in [5.41, 5.74) is 3.35. The van der Waals surface area contributed by atoms with Crippen LogP contribution in [-0.4, -0.2) is 10.9 Å². The summed E-state index contributed by atoms with van der Waals surface area (Å²) in [5, 5.41) is 5.81. The molecule has 2 aromatic rings. The molecule has 0 spiro atoms. The molecule has 0 aliphatic rings. The summed E-state index contributed by atoms with van der Waals surface area (Å²) in [5.74, 6) is -0.106. The summed E-state index contributed by atoms with van der Waals surface area (Å²) in [6, 6.07) is 8.29. The summed E-state index contributed by atoms with van der Waals surface area (Å²) >= 11 is 1.59. The Morgan fingerprint density at radius 3 is 2.50 bits per heavy atom. The Balaban J connectivity index is 1.89. The quantitative estimate of drug-likeness (QED) is 0.864. The third kappa shape index (κ3) is 4.81. The molecule has 0 radical (unpaired) electrons. The molecule has 0 fully saturated rings. The number of nitrogens with one attached hydrogen (secondary N) is 1. The van der Waals surface area contributed by atoms with Crippen LogP contribution in [0.25, 0.3) is 6.08 Å². The lowest BCUT2D eigenvalue weighted by Crippen LogP contribution is -2.20. The first kappa shape index (κ1) is 16.4. The van der Waals surface area contributed by atoms with E-state index < -0.39 is 0 Å². The Morgan fingerprint density at radius 2 is 1.95 bits per heavy atom. The average molecular weight is 314 g/mol. The first-order valence-corrected chi connectivity index (χ1v) is 8.20. The number of hydrogen-bond acceptors (Lipinski definition) is 3. The van der Waals surface area contributed by atoms with Gasteiger partial charge < -0.3 is 5.32 Å². The predicted octanol–water partition coefficient (Wildman–Crippen LogP) is 4.08. The van der Waals surface area contributed by atoms with Gasteiger partial charge in [0.05, 0.1) is 17.2 Å². The summed E-state index contributed by atoms with van der Waals surface area (Å²) in [6.07, 6.45) is 3.39. The van der Waals surface area contributed by atoms with E-state index >= 15 is 0 Å². The zero-order valence-electron chi connectivity index (χ0n) is 13.5. The maximum absolute atomic E-state index is 11.8. The van der Waals surface area contributed by atoms with Gasteiger partial charge in [-0.1, -0.05) is 45.0 Å². The molecule has 1 N–H and O–H groups in total. The van der Waals surface area contributed by atoms with Crippen LogP contribution < -0.4 is 5.32 Å². The smallest absolute Gasteiger partial charge is 0.244 e. The molecule has 1 aromatic heterocycles. The minimum atomic E-state index is -0.106. The van der Waals surface area contributed by atoms with Gasteiger partial charge in [0, 0.05) is 11.5 Å². The molecule has 0 aliphatic carbocycles. The van der Waals surface area contributed by atoms with E-state index in [-0.39, 0.29) is 11.3 Å². The van der Waals surface area contributed by atoms with Gasteiger partial charge in [-0.15, -0.1) is 11.3 Å². The molecule has 116 valence electrons. The fraction of sp³-hybridized carbons (Fsp3) is 0.333. The van der Waals surface area contributed by atoms with E-state index in [1.54, 1.807) is 17.4 Å². The molecule has 1 aromatic carbocycles. The van der Waals surface area contributed by atoms with Crippen LogP contribution in [0.5, 0.6) is 0 Å². The van der Waals surface area contributed by atoms with Crippen molar-refractivity contribution in [1.82, 2.24) is 10.3 Å². The van der Waals surface area contributed by atoms with Gasteiger partial charge in [-0.25, -0.2) is 4.98 Å². The Hall–Kier alpha value is -1.94. The van der Waals surface area contributed by atoms with Crippen molar-refractivity contribution in [2.75, 3.05) is 0 Å². The van der Waals surface area contributed by atoms with Crippen LogP contribution in [0.4, 0.5) is 0 Å². The number of benzene rings is 1. The van der Waals surface area contributed by atoms with Crippen LogP contribution in [-0.2, 0) is 16.8 Å². The van der Waals surface area contributed by atoms with Gasteiger partial charge in [0.25, 0.3) is 0 Å². The number of nitrogens with zero attached hydrogens (tertiary/aromatic N) is 1. The predicted molar refractivity (Wildman–Crippen MR) is 92.9 cm³/mol. The molecule has 0 atom stereocenters. The standard InChI is InChI=1S/C18H22N2OS/c1-13-20-16(12-22-13)11-19-17(21)10-7-14-5-8-15(9-6-14)18(2,3)4/h5-10,12H,11H2,1-4H3,(H,19,21)/b10-7+. The van der Waals surface area contributed by atoms with Gasteiger partial charge in [0.2, 0.25) is 5.91 Å². The van der Waals surface area contributed by atoms with Gasteiger partial charge in [0.15, 0.2) is 0 Å². The molecule has 2 rings (SSSR count). The lowest BCUT2D eigenvalue weighted by atomic mass is 9.87. The number of aryl methyl sites for hydroxylation is 1. The van der Waals surface area contributed by atoms with Crippen molar-refractivity contribution >= 4 is 23.3 Å². The number of rotatable bonds is 4. The highest BCUT2D eigenvalue weighted by Gasteiger charge is 2.12. The fourth-order valence-corrected chi connectivity index (χ4v) is 2.60. The van der Waals surface area contributed by atoms with Gasteiger partial charge in [0.1, 0.15) is 0 Å². The molecule has 0 saturated carbocycles. The summed E-state index contributed by atoms with van der Waals surface area (Å²) in [4.78, 5) is 16.1. The Kier molecular flexibility index (Phi) is 5.14. The van der Waals surface area contributed by atoms with Crippen molar-refractivity contribution in [1.29, 1.82) is 0 Å². The molecule has 0 bridgehead atoms. The maximum atomic E-state index is 11.8. The van der Waals surface area contributed by atoms with Crippen molar-refractivity contribution in [3.63, 3.8) is 0 Å². The highest BCUT2D eigenvalue weighted by Crippen LogP contribution is 2.22. The summed E-state index contributed by atoms with van der Waals surface area (Å²) in [7, 11) is 0. The zero-order valence-corrected chi connectivity index (χ0v) is 14.3. The summed E-state index contributed by atoms with van der Waals surface area (Å²) in [6.45, 7) is 8.98. The highest BCUT2D eigenvalue weighted by molar-refractivity contribution is 7.09.